The van der Waals surface area contributed by atoms with Crippen LogP contribution < -0.4 is 0 Å². The number of hydrogen-bond donors (Lipinski definition) is 1. The first-order valence-electron chi connectivity index (χ1n) is 7.59. The van der Waals surface area contributed by atoms with E-state index < -0.39 is 5.60 Å². The van der Waals surface area contributed by atoms with Crippen LogP contribution in [0.4, 0.5) is 0 Å². The average Bonchev–Trinajstić information content (AvgIpc) is 3.00. The first-order valence-corrected chi connectivity index (χ1v) is 7.59. The molecule has 3 rings (SSSR count). The van der Waals surface area contributed by atoms with Crippen LogP contribution in [0, 0.1) is 0 Å². The molecule has 1 unspecified atom stereocenters. The fourth-order valence-corrected chi connectivity index (χ4v) is 3.35. The van der Waals surface area contributed by atoms with Gasteiger partial charge in [0, 0.05) is 25.8 Å². The molecule has 1 aliphatic carbocycles. The molecule has 0 radical (unpaired) electrons. The van der Waals surface area contributed by atoms with Crippen LogP contribution in [0.25, 0.3) is 0 Å². The van der Waals surface area contributed by atoms with Crippen LogP contribution in [0.15, 0.2) is 12.3 Å². The molecule has 1 N–H and O–H groups in total. The zero-order valence-electron chi connectivity index (χ0n) is 11.6. The number of rotatable bonds is 3. The molecule has 0 amide bonds. The topological polar surface area (TPSA) is 47.3 Å². The third-order valence-corrected chi connectivity index (χ3v) is 4.52. The van der Waals surface area contributed by atoms with Crippen LogP contribution in [0.1, 0.15) is 56.7 Å². The van der Waals surface area contributed by atoms with Crippen molar-refractivity contribution >= 4 is 0 Å². The number of hydrogen-bond acceptors (Lipinski definition) is 3. The molecule has 4 heteroatoms. The van der Waals surface area contributed by atoms with Crippen molar-refractivity contribution < 1.29 is 9.84 Å². The van der Waals surface area contributed by atoms with Crippen LogP contribution in [0.5, 0.6) is 0 Å². The second kappa shape index (κ2) is 5.63. The molecule has 106 valence electrons. The molecule has 4 nitrogen and oxygen atoms in total. The minimum Gasteiger partial charge on any atom is -0.389 e. The van der Waals surface area contributed by atoms with E-state index >= 15 is 0 Å². The van der Waals surface area contributed by atoms with Gasteiger partial charge in [0.15, 0.2) is 0 Å². The Labute approximate surface area is 114 Å². The van der Waals surface area contributed by atoms with Crippen molar-refractivity contribution in [2.45, 2.75) is 63.0 Å². The lowest BCUT2D eigenvalue weighted by Crippen LogP contribution is -2.32. The predicted octanol–water partition coefficient (Wildman–Crippen LogP) is 2.47. The summed E-state index contributed by atoms with van der Waals surface area (Å²) >= 11 is 0. The Bertz CT molecular complexity index is 402. The summed E-state index contributed by atoms with van der Waals surface area (Å²) in [6, 6.07) is 2.66. The van der Waals surface area contributed by atoms with E-state index in [0.717, 1.165) is 31.6 Å². The van der Waals surface area contributed by atoms with E-state index in [9.17, 15) is 5.11 Å². The molecule has 1 aliphatic heterocycles. The van der Waals surface area contributed by atoms with E-state index in [4.69, 9.17) is 4.74 Å². The maximum atomic E-state index is 10.7. The molecule has 2 fully saturated rings. The largest absolute Gasteiger partial charge is 0.389 e. The van der Waals surface area contributed by atoms with Crippen LogP contribution in [0.2, 0.25) is 0 Å². The van der Waals surface area contributed by atoms with Gasteiger partial charge < -0.3 is 9.84 Å². The summed E-state index contributed by atoms with van der Waals surface area (Å²) in [5.41, 5.74) is 0.405. The zero-order chi connectivity index (χ0) is 13.1. The third-order valence-electron chi connectivity index (χ3n) is 4.52. The molecule has 0 bridgehead atoms. The number of aliphatic hydroxyl groups is 1. The van der Waals surface area contributed by atoms with Crippen molar-refractivity contribution in [3.8, 4) is 0 Å². The summed E-state index contributed by atoms with van der Waals surface area (Å²) in [5.74, 6) is 0. The predicted molar refractivity (Wildman–Crippen MR) is 73.1 cm³/mol. The number of ether oxygens (including phenoxy) is 1. The molecule has 2 heterocycles. The van der Waals surface area contributed by atoms with Gasteiger partial charge in [-0.25, -0.2) is 0 Å². The Hall–Kier alpha value is -0.870. The lowest BCUT2D eigenvalue weighted by molar-refractivity contribution is 0.0179. The molecule has 1 aromatic heterocycles. The minimum absolute atomic E-state index is 0.584. The third kappa shape index (κ3) is 3.18. The summed E-state index contributed by atoms with van der Waals surface area (Å²) in [7, 11) is 0. The monoisotopic (exact) mass is 264 g/mol. The van der Waals surface area contributed by atoms with Gasteiger partial charge in [0.05, 0.1) is 17.3 Å². The summed E-state index contributed by atoms with van der Waals surface area (Å²) < 4.78 is 7.54. The van der Waals surface area contributed by atoms with Crippen LogP contribution in [-0.2, 0) is 11.2 Å². The van der Waals surface area contributed by atoms with Gasteiger partial charge in [-0.15, -0.1) is 0 Å². The van der Waals surface area contributed by atoms with Gasteiger partial charge in [-0.1, -0.05) is 12.8 Å². The van der Waals surface area contributed by atoms with Gasteiger partial charge in [0.25, 0.3) is 0 Å². The Balaban J connectivity index is 1.65. The highest BCUT2D eigenvalue weighted by molar-refractivity contribution is 5.05. The number of nitrogens with zero attached hydrogens (tertiary/aromatic N) is 2. The molecule has 1 atom stereocenters. The second-order valence-corrected chi connectivity index (χ2v) is 6.09. The molecule has 1 saturated heterocycles. The molecular formula is C15H24N2O2. The van der Waals surface area contributed by atoms with Gasteiger partial charge in [-0.05, 0) is 38.2 Å². The molecule has 1 saturated carbocycles. The number of aromatic nitrogens is 2. The van der Waals surface area contributed by atoms with Gasteiger partial charge >= 0.3 is 0 Å². The van der Waals surface area contributed by atoms with Crippen LogP contribution >= 0.6 is 0 Å². The second-order valence-electron chi connectivity index (χ2n) is 6.09. The first kappa shape index (κ1) is 13.1. The van der Waals surface area contributed by atoms with Crippen molar-refractivity contribution in [2.24, 2.45) is 0 Å². The zero-order valence-corrected chi connectivity index (χ0v) is 11.6. The summed E-state index contributed by atoms with van der Waals surface area (Å²) in [5, 5.41) is 15.3. The van der Waals surface area contributed by atoms with Crippen molar-refractivity contribution in [2.75, 3.05) is 13.2 Å². The highest BCUT2D eigenvalue weighted by Crippen LogP contribution is 2.30. The smallest absolute Gasteiger partial charge is 0.0726 e. The molecule has 0 aromatic carbocycles. The maximum Gasteiger partial charge on any atom is 0.0726 e. The fraction of sp³-hybridized carbons (Fsp3) is 0.800. The van der Waals surface area contributed by atoms with E-state index in [-0.39, 0.29) is 0 Å². The van der Waals surface area contributed by atoms with Gasteiger partial charge in [-0.2, -0.15) is 5.10 Å². The summed E-state index contributed by atoms with van der Waals surface area (Å²) in [4.78, 5) is 0. The van der Waals surface area contributed by atoms with Gasteiger partial charge in [0.2, 0.25) is 0 Å². The van der Waals surface area contributed by atoms with Crippen LogP contribution in [-0.4, -0.2) is 33.7 Å². The summed E-state index contributed by atoms with van der Waals surface area (Å²) in [6.45, 7) is 1.44. The van der Waals surface area contributed by atoms with E-state index in [2.05, 4.69) is 22.0 Å². The fourth-order valence-electron chi connectivity index (χ4n) is 3.35. The van der Waals surface area contributed by atoms with Crippen molar-refractivity contribution in [3.05, 3.63) is 18.0 Å². The SMILES string of the molecule is OC1(Cc2ccn(C3CCCC3)n2)CCCOCC1. The molecule has 0 spiro atoms. The van der Waals surface area contributed by atoms with E-state index in [0.29, 0.717) is 19.1 Å². The Kier molecular flexibility index (Phi) is 3.89. The van der Waals surface area contributed by atoms with Crippen molar-refractivity contribution in [3.63, 3.8) is 0 Å². The Morgan fingerprint density at radius 3 is 2.95 bits per heavy atom. The molecule has 2 aliphatic rings. The van der Waals surface area contributed by atoms with Gasteiger partial charge in [0.1, 0.15) is 0 Å². The quantitative estimate of drug-likeness (QED) is 0.912. The highest BCUT2D eigenvalue weighted by atomic mass is 16.5. The molecular weight excluding hydrogens is 240 g/mol. The van der Waals surface area contributed by atoms with E-state index in [1.807, 2.05) is 0 Å². The summed E-state index contributed by atoms with van der Waals surface area (Å²) in [6.07, 6.45) is 10.4. The maximum absolute atomic E-state index is 10.7. The van der Waals surface area contributed by atoms with Crippen LogP contribution in [0.3, 0.4) is 0 Å². The van der Waals surface area contributed by atoms with E-state index in [1.54, 1.807) is 0 Å². The highest BCUT2D eigenvalue weighted by Gasteiger charge is 2.29. The first-order chi connectivity index (χ1) is 9.25. The normalized spacial score (nSPS) is 29.5. The lowest BCUT2D eigenvalue weighted by Gasteiger charge is -2.24. The average molecular weight is 264 g/mol. The molecule has 1 aromatic rings. The standard InChI is InChI=1S/C15H24N2O2/c18-15(7-3-10-19-11-8-15)12-13-6-9-17(16-13)14-4-1-2-5-14/h6,9,14,18H,1-5,7-8,10-12H2. The van der Waals surface area contributed by atoms with E-state index in [1.165, 1.54) is 25.7 Å². The molecule has 19 heavy (non-hydrogen) atoms. The van der Waals surface area contributed by atoms with Crippen molar-refractivity contribution in [1.82, 2.24) is 9.78 Å². The Morgan fingerprint density at radius 2 is 2.11 bits per heavy atom. The van der Waals surface area contributed by atoms with Gasteiger partial charge in [-0.3, -0.25) is 4.68 Å². The Morgan fingerprint density at radius 1 is 1.26 bits per heavy atom. The van der Waals surface area contributed by atoms with Crippen molar-refractivity contribution in [1.29, 1.82) is 0 Å². The minimum atomic E-state index is -0.620. The lowest BCUT2D eigenvalue weighted by atomic mass is 9.90.